The summed E-state index contributed by atoms with van der Waals surface area (Å²) in [5, 5.41) is 6.12. The molecular weight excluding hydrogens is 633 g/mol. The summed E-state index contributed by atoms with van der Waals surface area (Å²) in [7, 11) is 0. The molecule has 0 bridgehead atoms. The molecule has 2 atom stereocenters. The highest BCUT2D eigenvalue weighted by molar-refractivity contribution is 5.95. The second kappa shape index (κ2) is 14.8. The quantitative estimate of drug-likeness (QED) is 0.136. The summed E-state index contributed by atoms with van der Waals surface area (Å²) < 4.78 is 12.0. The standard InChI is InChI=1S/C45H40N2O4/c1-3-41(50-35-15-7-5-8-16-35)43(48)46-33-27-23-31(24-28-33)45(39-21-13-11-19-37(39)38-20-12-14-22-40(38)45)32-25-29-34(30-26-32)47-44(49)42(4-2)51-36-17-9-6-10-18-36/h5-30,41-42H,3-4H2,1-2H3,(H,46,48)(H,47,49). The highest BCUT2D eigenvalue weighted by Crippen LogP contribution is 2.56. The molecule has 254 valence electrons. The molecule has 7 rings (SSSR count). The number of rotatable bonds is 12. The van der Waals surface area contributed by atoms with Gasteiger partial charge in [-0.2, -0.15) is 0 Å². The molecule has 6 aromatic rings. The fourth-order valence-corrected chi connectivity index (χ4v) is 7.05. The van der Waals surface area contributed by atoms with Crippen LogP contribution in [-0.2, 0) is 15.0 Å². The van der Waals surface area contributed by atoms with Crippen LogP contribution in [0.4, 0.5) is 11.4 Å². The van der Waals surface area contributed by atoms with E-state index >= 15 is 0 Å². The van der Waals surface area contributed by atoms with Gasteiger partial charge in [-0.15, -0.1) is 0 Å². The fourth-order valence-electron chi connectivity index (χ4n) is 7.05. The number of amides is 2. The van der Waals surface area contributed by atoms with Crippen molar-refractivity contribution < 1.29 is 19.1 Å². The molecule has 0 aliphatic heterocycles. The van der Waals surface area contributed by atoms with E-state index in [0.29, 0.717) is 35.7 Å². The number of anilines is 2. The molecule has 2 unspecified atom stereocenters. The van der Waals surface area contributed by atoms with E-state index in [0.717, 1.165) is 11.1 Å². The van der Waals surface area contributed by atoms with Gasteiger partial charge in [0.15, 0.2) is 12.2 Å². The summed E-state index contributed by atoms with van der Waals surface area (Å²) in [6.45, 7) is 3.87. The van der Waals surface area contributed by atoms with Crippen LogP contribution in [0.1, 0.15) is 48.9 Å². The lowest BCUT2D eigenvalue weighted by atomic mass is 9.67. The molecule has 0 saturated heterocycles. The third kappa shape index (κ3) is 6.61. The van der Waals surface area contributed by atoms with Crippen LogP contribution in [-0.4, -0.2) is 24.0 Å². The lowest BCUT2D eigenvalue weighted by molar-refractivity contribution is -0.123. The van der Waals surface area contributed by atoms with Gasteiger partial charge in [0.25, 0.3) is 11.8 Å². The van der Waals surface area contributed by atoms with Crippen LogP contribution in [0.15, 0.2) is 158 Å². The van der Waals surface area contributed by atoms with Crippen molar-refractivity contribution in [1.29, 1.82) is 0 Å². The van der Waals surface area contributed by atoms with E-state index in [1.807, 2.05) is 98.8 Å². The second-order valence-corrected chi connectivity index (χ2v) is 12.6. The Balaban J connectivity index is 1.20. The van der Waals surface area contributed by atoms with Crippen LogP contribution in [0, 0.1) is 0 Å². The number of ether oxygens (including phenoxy) is 2. The molecule has 0 radical (unpaired) electrons. The van der Waals surface area contributed by atoms with Crippen molar-refractivity contribution in [3.63, 3.8) is 0 Å². The highest BCUT2D eigenvalue weighted by Gasteiger charge is 2.45. The molecule has 0 fully saturated rings. The second-order valence-electron chi connectivity index (χ2n) is 12.6. The van der Waals surface area contributed by atoms with Crippen LogP contribution in [0.3, 0.4) is 0 Å². The molecule has 6 heteroatoms. The Bertz CT molecular complexity index is 1960. The van der Waals surface area contributed by atoms with Gasteiger partial charge in [0.2, 0.25) is 0 Å². The molecule has 6 nitrogen and oxygen atoms in total. The number of benzene rings is 6. The molecular formula is C45H40N2O4. The van der Waals surface area contributed by atoms with Crippen molar-refractivity contribution in [2.75, 3.05) is 10.6 Å². The van der Waals surface area contributed by atoms with Gasteiger partial charge in [0.1, 0.15) is 11.5 Å². The average molecular weight is 673 g/mol. The summed E-state index contributed by atoms with van der Waals surface area (Å²) in [6.07, 6.45) is -0.178. The van der Waals surface area contributed by atoms with E-state index in [-0.39, 0.29) is 11.8 Å². The maximum atomic E-state index is 13.3. The van der Waals surface area contributed by atoms with Crippen LogP contribution in [0.2, 0.25) is 0 Å². The van der Waals surface area contributed by atoms with E-state index in [1.54, 1.807) is 0 Å². The van der Waals surface area contributed by atoms with Crippen LogP contribution in [0.25, 0.3) is 11.1 Å². The maximum absolute atomic E-state index is 13.3. The van der Waals surface area contributed by atoms with Gasteiger partial charge in [-0.25, -0.2) is 0 Å². The fraction of sp³-hybridized carbons (Fsp3) is 0.156. The maximum Gasteiger partial charge on any atom is 0.265 e. The molecule has 0 heterocycles. The van der Waals surface area contributed by atoms with E-state index in [4.69, 9.17) is 9.47 Å². The van der Waals surface area contributed by atoms with E-state index in [1.165, 1.54) is 22.3 Å². The first kappa shape index (κ1) is 33.4. The van der Waals surface area contributed by atoms with Gasteiger partial charge < -0.3 is 20.1 Å². The predicted octanol–water partition coefficient (Wildman–Crippen LogP) is 9.64. The van der Waals surface area contributed by atoms with Gasteiger partial charge in [0.05, 0.1) is 5.41 Å². The van der Waals surface area contributed by atoms with Crippen LogP contribution in [0.5, 0.6) is 11.5 Å². The first-order chi connectivity index (χ1) is 25.0. The average Bonchev–Trinajstić information content (AvgIpc) is 3.48. The lowest BCUT2D eigenvalue weighted by Gasteiger charge is -2.34. The molecule has 1 aliphatic carbocycles. The lowest BCUT2D eigenvalue weighted by Crippen LogP contribution is -2.32. The molecule has 0 spiro atoms. The zero-order valence-corrected chi connectivity index (χ0v) is 28.7. The van der Waals surface area contributed by atoms with Crippen molar-refractivity contribution in [3.8, 4) is 22.6 Å². The topological polar surface area (TPSA) is 76.7 Å². The normalized spacial score (nSPS) is 13.6. The molecule has 1 aliphatic rings. The Hall–Kier alpha value is -6.14. The van der Waals surface area contributed by atoms with Crippen molar-refractivity contribution in [3.05, 3.63) is 180 Å². The molecule has 0 saturated carbocycles. The van der Waals surface area contributed by atoms with Crippen molar-refractivity contribution in [1.82, 2.24) is 0 Å². The Morgan fingerprint density at radius 2 is 0.843 bits per heavy atom. The summed E-state index contributed by atoms with van der Waals surface area (Å²) >= 11 is 0. The van der Waals surface area contributed by atoms with Crippen molar-refractivity contribution in [2.45, 2.75) is 44.3 Å². The van der Waals surface area contributed by atoms with E-state index in [9.17, 15) is 9.59 Å². The van der Waals surface area contributed by atoms with Gasteiger partial charge in [-0.1, -0.05) is 123 Å². The molecule has 51 heavy (non-hydrogen) atoms. The monoisotopic (exact) mass is 672 g/mol. The Labute approximate surface area is 299 Å². The summed E-state index contributed by atoms with van der Waals surface area (Å²) in [6, 6.07) is 52.1. The van der Waals surface area contributed by atoms with Crippen molar-refractivity contribution >= 4 is 23.2 Å². The summed E-state index contributed by atoms with van der Waals surface area (Å²) in [5.41, 5.74) is 7.56. The smallest absolute Gasteiger partial charge is 0.265 e. The minimum absolute atomic E-state index is 0.197. The van der Waals surface area contributed by atoms with Crippen LogP contribution < -0.4 is 20.1 Å². The number of nitrogens with one attached hydrogen (secondary N) is 2. The molecule has 6 aromatic carbocycles. The highest BCUT2D eigenvalue weighted by atomic mass is 16.5. The van der Waals surface area contributed by atoms with E-state index in [2.05, 4.69) is 83.4 Å². The predicted molar refractivity (Wildman–Crippen MR) is 203 cm³/mol. The number of carbonyl (C=O) groups is 2. The zero-order chi connectivity index (χ0) is 35.2. The number of carbonyl (C=O) groups excluding carboxylic acids is 2. The Morgan fingerprint density at radius 1 is 0.490 bits per heavy atom. The Morgan fingerprint density at radius 3 is 1.22 bits per heavy atom. The number of para-hydroxylation sites is 2. The Kier molecular flexibility index (Phi) is 9.66. The minimum atomic E-state index is -0.636. The van der Waals surface area contributed by atoms with Gasteiger partial charge in [-0.05, 0) is 94.8 Å². The van der Waals surface area contributed by atoms with E-state index < -0.39 is 17.6 Å². The SMILES string of the molecule is CCC(Oc1ccccc1)C(=O)Nc1ccc(C2(c3ccc(NC(=O)C(CC)Oc4ccccc4)cc3)c3ccccc3-c3ccccc32)cc1. The number of hydrogen-bond acceptors (Lipinski definition) is 4. The summed E-state index contributed by atoms with van der Waals surface area (Å²) in [5.74, 6) is 0.924. The van der Waals surface area contributed by atoms with Gasteiger partial charge >= 0.3 is 0 Å². The van der Waals surface area contributed by atoms with Gasteiger partial charge in [-0.3, -0.25) is 9.59 Å². The third-order valence-corrected chi connectivity index (χ3v) is 9.49. The largest absolute Gasteiger partial charge is 0.481 e. The molecule has 2 amide bonds. The zero-order valence-electron chi connectivity index (χ0n) is 28.7. The summed E-state index contributed by atoms with van der Waals surface area (Å²) in [4.78, 5) is 26.6. The molecule has 2 N–H and O–H groups in total. The first-order valence-electron chi connectivity index (χ1n) is 17.5. The number of fused-ring (bicyclic) bond motifs is 3. The third-order valence-electron chi connectivity index (χ3n) is 9.49. The van der Waals surface area contributed by atoms with Gasteiger partial charge in [0, 0.05) is 11.4 Å². The van der Waals surface area contributed by atoms with Crippen LogP contribution >= 0.6 is 0 Å². The minimum Gasteiger partial charge on any atom is -0.481 e. The first-order valence-corrected chi connectivity index (χ1v) is 17.5. The molecule has 0 aromatic heterocycles. The van der Waals surface area contributed by atoms with Crippen molar-refractivity contribution in [2.24, 2.45) is 0 Å². The number of hydrogen-bond donors (Lipinski definition) is 2.